The fourth-order valence-corrected chi connectivity index (χ4v) is 2.65. The molecule has 1 aliphatic rings. The van der Waals surface area contributed by atoms with Gasteiger partial charge in [0.05, 0.1) is 18.2 Å². The first kappa shape index (κ1) is 12.2. The fourth-order valence-electron chi connectivity index (χ4n) is 1.81. The SMILES string of the molecule is N#Cc1ccc(-c2nc(C3CSCCO3)no2)cc1. The average Bonchev–Trinajstić information content (AvgIpc) is 2.98. The minimum Gasteiger partial charge on any atom is -0.368 e. The van der Waals surface area contributed by atoms with Crippen LogP contribution in [-0.2, 0) is 4.74 Å². The lowest BCUT2D eigenvalue weighted by molar-refractivity contribution is 0.0677. The van der Waals surface area contributed by atoms with Gasteiger partial charge in [-0.3, -0.25) is 0 Å². The molecule has 0 bridgehead atoms. The van der Waals surface area contributed by atoms with Crippen LogP contribution in [0.2, 0.25) is 0 Å². The molecule has 0 amide bonds. The van der Waals surface area contributed by atoms with Gasteiger partial charge < -0.3 is 9.26 Å². The van der Waals surface area contributed by atoms with Crippen molar-refractivity contribution in [2.75, 3.05) is 18.1 Å². The Hall–Kier alpha value is -1.84. The molecule has 0 radical (unpaired) electrons. The molecule has 19 heavy (non-hydrogen) atoms. The van der Waals surface area contributed by atoms with Crippen molar-refractivity contribution in [1.82, 2.24) is 10.1 Å². The number of benzene rings is 1. The molecular formula is C13H11N3O2S. The molecule has 2 aromatic rings. The van der Waals surface area contributed by atoms with Crippen molar-refractivity contribution in [1.29, 1.82) is 5.26 Å². The monoisotopic (exact) mass is 273 g/mol. The summed E-state index contributed by atoms with van der Waals surface area (Å²) < 4.78 is 10.8. The second-order valence-corrected chi connectivity index (χ2v) is 5.23. The highest BCUT2D eigenvalue weighted by Gasteiger charge is 2.22. The standard InChI is InChI=1S/C13H11N3O2S/c14-7-9-1-3-10(4-2-9)13-15-12(16-18-13)11-8-19-6-5-17-11/h1-4,11H,5-6,8H2. The molecule has 1 saturated heterocycles. The van der Waals surface area contributed by atoms with Gasteiger partial charge >= 0.3 is 0 Å². The maximum atomic E-state index is 8.75. The zero-order chi connectivity index (χ0) is 13.1. The summed E-state index contributed by atoms with van der Waals surface area (Å²) >= 11 is 1.83. The number of aromatic nitrogens is 2. The lowest BCUT2D eigenvalue weighted by atomic mass is 10.1. The summed E-state index contributed by atoms with van der Waals surface area (Å²) in [6, 6.07) is 9.13. The molecule has 0 saturated carbocycles. The number of ether oxygens (including phenoxy) is 1. The third kappa shape index (κ3) is 2.62. The van der Waals surface area contributed by atoms with Crippen molar-refractivity contribution in [2.45, 2.75) is 6.10 Å². The van der Waals surface area contributed by atoms with E-state index in [1.165, 1.54) is 0 Å². The first-order chi connectivity index (χ1) is 9.36. The van der Waals surface area contributed by atoms with Crippen molar-refractivity contribution in [3.63, 3.8) is 0 Å². The molecule has 1 fully saturated rings. The van der Waals surface area contributed by atoms with E-state index in [2.05, 4.69) is 16.2 Å². The van der Waals surface area contributed by atoms with E-state index in [0.717, 1.165) is 23.7 Å². The summed E-state index contributed by atoms with van der Waals surface area (Å²) in [6.07, 6.45) is -0.0883. The summed E-state index contributed by atoms with van der Waals surface area (Å²) in [7, 11) is 0. The van der Waals surface area contributed by atoms with Crippen LogP contribution in [0.4, 0.5) is 0 Å². The Bertz CT molecular complexity index is 597. The quantitative estimate of drug-likeness (QED) is 0.836. The van der Waals surface area contributed by atoms with Gasteiger partial charge in [0.25, 0.3) is 5.89 Å². The number of nitrogens with zero attached hydrogens (tertiary/aromatic N) is 3. The molecule has 2 heterocycles. The molecule has 1 aliphatic heterocycles. The minimum absolute atomic E-state index is 0.0883. The average molecular weight is 273 g/mol. The van der Waals surface area contributed by atoms with Gasteiger partial charge in [-0.25, -0.2) is 0 Å². The van der Waals surface area contributed by atoms with Crippen LogP contribution in [0.25, 0.3) is 11.5 Å². The van der Waals surface area contributed by atoms with Gasteiger partial charge in [-0.2, -0.15) is 22.0 Å². The maximum absolute atomic E-state index is 8.75. The van der Waals surface area contributed by atoms with Crippen LogP contribution in [0.3, 0.4) is 0 Å². The van der Waals surface area contributed by atoms with E-state index >= 15 is 0 Å². The van der Waals surface area contributed by atoms with E-state index in [0.29, 0.717) is 17.3 Å². The number of nitriles is 1. The molecule has 1 aromatic heterocycles. The van der Waals surface area contributed by atoms with Crippen molar-refractivity contribution in [2.24, 2.45) is 0 Å². The lowest BCUT2D eigenvalue weighted by Crippen LogP contribution is -2.16. The van der Waals surface area contributed by atoms with Crippen molar-refractivity contribution < 1.29 is 9.26 Å². The van der Waals surface area contributed by atoms with E-state index in [-0.39, 0.29) is 6.10 Å². The minimum atomic E-state index is -0.0883. The highest BCUT2D eigenvalue weighted by atomic mass is 32.2. The van der Waals surface area contributed by atoms with E-state index in [1.54, 1.807) is 24.3 Å². The molecule has 1 unspecified atom stereocenters. The molecule has 96 valence electrons. The number of thioether (sulfide) groups is 1. The number of rotatable bonds is 2. The number of hydrogen-bond acceptors (Lipinski definition) is 6. The second kappa shape index (κ2) is 5.43. The van der Waals surface area contributed by atoms with Gasteiger partial charge in [-0.1, -0.05) is 5.16 Å². The molecule has 6 heteroatoms. The second-order valence-electron chi connectivity index (χ2n) is 4.08. The largest absolute Gasteiger partial charge is 0.368 e. The first-order valence-electron chi connectivity index (χ1n) is 5.90. The van der Waals surface area contributed by atoms with E-state index in [4.69, 9.17) is 14.5 Å². The summed E-state index contributed by atoms with van der Waals surface area (Å²) in [4.78, 5) is 4.36. The Morgan fingerprint density at radius 3 is 2.84 bits per heavy atom. The summed E-state index contributed by atoms with van der Waals surface area (Å²) in [6.45, 7) is 0.718. The van der Waals surface area contributed by atoms with E-state index in [1.807, 2.05) is 11.8 Å². The van der Waals surface area contributed by atoms with Crippen LogP contribution in [0.15, 0.2) is 28.8 Å². The van der Waals surface area contributed by atoms with Crippen LogP contribution < -0.4 is 0 Å². The van der Waals surface area contributed by atoms with Gasteiger partial charge in [-0.05, 0) is 24.3 Å². The van der Waals surface area contributed by atoms with Crippen LogP contribution in [0.1, 0.15) is 17.5 Å². The summed E-state index contributed by atoms with van der Waals surface area (Å²) in [5.41, 5.74) is 1.41. The summed E-state index contributed by atoms with van der Waals surface area (Å²) in [5, 5.41) is 12.7. The summed E-state index contributed by atoms with van der Waals surface area (Å²) in [5.74, 6) is 2.91. The molecule has 3 rings (SSSR count). The fraction of sp³-hybridized carbons (Fsp3) is 0.308. The van der Waals surface area contributed by atoms with Crippen molar-refractivity contribution in [3.05, 3.63) is 35.7 Å². The van der Waals surface area contributed by atoms with Crippen LogP contribution in [0, 0.1) is 11.3 Å². The van der Waals surface area contributed by atoms with Crippen molar-refractivity contribution >= 4 is 11.8 Å². The predicted octanol–water partition coefficient (Wildman–Crippen LogP) is 2.41. The highest BCUT2D eigenvalue weighted by Crippen LogP contribution is 2.26. The normalized spacial score (nSPS) is 19.0. The Morgan fingerprint density at radius 2 is 2.16 bits per heavy atom. The zero-order valence-electron chi connectivity index (χ0n) is 10.1. The molecule has 0 N–H and O–H groups in total. The zero-order valence-corrected chi connectivity index (χ0v) is 10.9. The van der Waals surface area contributed by atoms with E-state index < -0.39 is 0 Å². The first-order valence-corrected chi connectivity index (χ1v) is 7.06. The van der Waals surface area contributed by atoms with Gasteiger partial charge in [0.1, 0.15) is 6.10 Å². The number of hydrogen-bond donors (Lipinski definition) is 0. The van der Waals surface area contributed by atoms with Gasteiger partial charge in [0.2, 0.25) is 5.82 Å². The highest BCUT2D eigenvalue weighted by molar-refractivity contribution is 7.99. The predicted molar refractivity (Wildman–Crippen MR) is 70.5 cm³/mol. The van der Waals surface area contributed by atoms with E-state index in [9.17, 15) is 0 Å². The molecule has 5 nitrogen and oxygen atoms in total. The Kier molecular flexibility index (Phi) is 3.49. The Balaban J connectivity index is 1.81. The molecule has 1 atom stereocenters. The molecular weight excluding hydrogens is 262 g/mol. The Labute approximate surface area is 114 Å². The third-order valence-electron chi connectivity index (χ3n) is 2.81. The topological polar surface area (TPSA) is 71.9 Å². The third-order valence-corrected chi connectivity index (χ3v) is 3.80. The van der Waals surface area contributed by atoms with Gasteiger partial charge in [0.15, 0.2) is 0 Å². The van der Waals surface area contributed by atoms with Gasteiger partial charge in [0, 0.05) is 17.1 Å². The smallest absolute Gasteiger partial charge is 0.258 e. The van der Waals surface area contributed by atoms with Gasteiger partial charge in [-0.15, -0.1) is 0 Å². The maximum Gasteiger partial charge on any atom is 0.258 e. The molecule has 0 spiro atoms. The lowest BCUT2D eigenvalue weighted by Gasteiger charge is -2.18. The Morgan fingerprint density at radius 1 is 1.32 bits per heavy atom. The molecule has 1 aromatic carbocycles. The van der Waals surface area contributed by atoms with Crippen LogP contribution in [0.5, 0.6) is 0 Å². The van der Waals surface area contributed by atoms with Crippen LogP contribution >= 0.6 is 11.8 Å². The van der Waals surface area contributed by atoms with Crippen LogP contribution in [-0.4, -0.2) is 28.3 Å². The molecule has 0 aliphatic carbocycles. The van der Waals surface area contributed by atoms with Crippen molar-refractivity contribution in [3.8, 4) is 17.5 Å².